The lowest BCUT2D eigenvalue weighted by Gasteiger charge is -2.20. The number of hydrogen-bond acceptors (Lipinski definition) is 5. The van der Waals surface area contributed by atoms with E-state index >= 15 is 0 Å². The zero-order chi connectivity index (χ0) is 24.2. The summed E-state index contributed by atoms with van der Waals surface area (Å²) in [5.74, 6) is -0.248. The van der Waals surface area contributed by atoms with Crippen molar-refractivity contribution in [3.8, 4) is 11.5 Å². The fraction of sp³-hybridized carbons (Fsp3) is 0.741. The van der Waals surface area contributed by atoms with Crippen LogP contribution in [0.25, 0.3) is 0 Å². The summed E-state index contributed by atoms with van der Waals surface area (Å²) in [6.45, 7) is 5.67. The van der Waals surface area contributed by atoms with Crippen molar-refractivity contribution in [2.24, 2.45) is 0 Å². The Morgan fingerprint density at radius 3 is 1.76 bits per heavy atom. The lowest BCUT2D eigenvalue weighted by atomic mass is 10.1. The third kappa shape index (κ3) is 14.9. The van der Waals surface area contributed by atoms with Crippen LogP contribution in [0.1, 0.15) is 109 Å². The summed E-state index contributed by atoms with van der Waals surface area (Å²) in [4.78, 5) is 10.8. The molecule has 190 valence electrons. The van der Waals surface area contributed by atoms with E-state index in [9.17, 15) is 9.90 Å². The lowest BCUT2D eigenvalue weighted by Crippen LogP contribution is -2.22. The van der Waals surface area contributed by atoms with Gasteiger partial charge in [0.1, 0.15) is 0 Å². The summed E-state index contributed by atoms with van der Waals surface area (Å²) in [6, 6.07) is 4.84. The minimum atomic E-state index is -1.45. The molecule has 1 rings (SSSR count). The van der Waals surface area contributed by atoms with Gasteiger partial charge in [-0.2, -0.15) is 0 Å². The van der Waals surface area contributed by atoms with Crippen molar-refractivity contribution >= 4 is 6.16 Å². The van der Waals surface area contributed by atoms with E-state index in [0.717, 1.165) is 25.7 Å². The number of ether oxygens (including phenoxy) is 3. The van der Waals surface area contributed by atoms with Crippen molar-refractivity contribution in [3.05, 3.63) is 23.8 Å². The van der Waals surface area contributed by atoms with Crippen molar-refractivity contribution in [3.63, 3.8) is 0 Å². The molecule has 2 N–H and O–H groups in total. The molecule has 0 spiro atoms. The van der Waals surface area contributed by atoms with Crippen LogP contribution in [0.15, 0.2) is 18.2 Å². The average molecular weight is 467 g/mol. The van der Waals surface area contributed by atoms with Gasteiger partial charge in [-0.3, -0.25) is 0 Å². The predicted molar refractivity (Wildman–Crippen MR) is 132 cm³/mol. The Labute approximate surface area is 200 Å². The first kappa shape index (κ1) is 29.2. The predicted octanol–water partition coefficient (Wildman–Crippen LogP) is 7.85. The number of carbonyl (C=O) groups is 1. The molecule has 0 saturated carbocycles. The molecule has 33 heavy (non-hydrogen) atoms. The molecule has 0 bridgehead atoms. The Bertz CT molecular complexity index is 599. The molecule has 0 aliphatic carbocycles. The monoisotopic (exact) mass is 466 g/mol. The highest BCUT2D eigenvalue weighted by Crippen LogP contribution is 2.31. The van der Waals surface area contributed by atoms with E-state index in [1.807, 2.05) is 0 Å². The van der Waals surface area contributed by atoms with E-state index in [-0.39, 0.29) is 11.5 Å². The molecule has 0 atom stereocenters. The van der Waals surface area contributed by atoms with E-state index in [0.29, 0.717) is 25.2 Å². The second-order valence-electron chi connectivity index (χ2n) is 8.75. The number of aromatic hydroxyl groups is 1. The van der Waals surface area contributed by atoms with Gasteiger partial charge in [0.15, 0.2) is 17.8 Å². The molecule has 0 heterocycles. The van der Waals surface area contributed by atoms with Crippen LogP contribution in [0.2, 0.25) is 0 Å². The zero-order valence-electron chi connectivity index (χ0n) is 20.9. The third-order valence-corrected chi connectivity index (χ3v) is 5.77. The van der Waals surface area contributed by atoms with Gasteiger partial charge >= 0.3 is 6.16 Å². The fourth-order valence-electron chi connectivity index (χ4n) is 3.80. The topological polar surface area (TPSA) is 85.2 Å². The van der Waals surface area contributed by atoms with Gasteiger partial charge in [-0.25, -0.2) is 4.79 Å². The number of phenols is 1. The van der Waals surface area contributed by atoms with Gasteiger partial charge in [-0.05, 0) is 18.9 Å². The van der Waals surface area contributed by atoms with E-state index in [4.69, 9.17) is 14.6 Å². The average Bonchev–Trinajstić information content (AvgIpc) is 2.79. The van der Waals surface area contributed by atoms with Gasteiger partial charge in [-0.15, -0.1) is 0 Å². The van der Waals surface area contributed by atoms with Crippen LogP contribution < -0.4 is 4.74 Å². The maximum absolute atomic E-state index is 10.8. The second-order valence-corrected chi connectivity index (χ2v) is 8.75. The van der Waals surface area contributed by atoms with Crippen LogP contribution in [0, 0.1) is 0 Å². The van der Waals surface area contributed by atoms with E-state index in [2.05, 4.69) is 18.6 Å². The Hall–Kier alpha value is -1.79. The van der Waals surface area contributed by atoms with Crippen molar-refractivity contribution in [2.45, 2.75) is 116 Å². The summed E-state index contributed by atoms with van der Waals surface area (Å²) in [6.07, 6.45) is 15.4. The lowest BCUT2D eigenvalue weighted by molar-refractivity contribution is -0.142. The SMILES string of the molecule is CCCCCCCCCOC(Cc1cccc(OC(=O)O)c1O)OCCCCCCCCC. The molecule has 0 aliphatic rings. The molecule has 0 unspecified atom stereocenters. The maximum atomic E-state index is 10.8. The molecule has 0 radical (unpaired) electrons. The number of unbranched alkanes of at least 4 members (excludes halogenated alkanes) is 12. The van der Waals surface area contributed by atoms with Crippen LogP contribution in [0.5, 0.6) is 11.5 Å². The number of rotatable bonds is 21. The molecule has 6 nitrogen and oxygen atoms in total. The highest BCUT2D eigenvalue weighted by Gasteiger charge is 2.17. The number of para-hydroxylation sites is 1. The van der Waals surface area contributed by atoms with Gasteiger partial charge in [0.25, 0.3) is 0 Å². The van der Waals surface area contributed by atoms with Crippen LogP contribution >= 0.6 is 0 Å². The maximum Gasteiger partial charge on any atom is 0.511 e. The molecular weight excluding hydrogens is 420 g/mol. The Morgan fingerprint density at radius 1 is 0.788 bits per heavy atom. The second kappa shape index (κ2) is 19.7. The highest BCUT2D eigenvalue weighted by atomic mass is 16.7. The summed E-state index contributed by atoms with van der Waals surface area (Å²) in [5, 5.41) is 19.3. The molecule has 0 aliphatic heterocycles. The van der Waals surface area contributed by atoms with Crippen LogP contribution in [0.3, 0.4) is 0 Å². The summed E-state index contributed by atoms with van der Waals surface area (Å²) in [7, 11) is 0. The number of carboxylic acid groups (broad SMARTS) is 1. The number of benzene rings is 1. The van der Waals surface area contributed by atoms with Gasteiger partial charge in [0.05, 0.1) is 0 Å². The Kier molecular flexibility index (Phi) is 17.4. The molecule has 0 fully saturated rings. The van der Waals surface area contributed by atoms with E-state index in [1.165, 1.54) is 70.3 Å². The third-order valence-electron chi connectivity index (χ3n) is 5.77. The molecule has 1 aromatic rings. The zero-order valence-corrected chi connectivity index (χ0v) is 20.9. The van der Waals surface area contributed by atoms with Gasteiger partial charge in [0.2, 0.25) is 0 Å². The fourth-order valence-corrected chi connectivity index (χ4v) is 3.80. The van der Waals surface area contributed by atoms with Crippen molar-refractivity contribution in [2.75, 3.05) is 13.2 Å². The van der Waals surface area contributed by atoms with Crippen molar-refractivity contribution < 1.29 is 29.2 Å². The molecule has 0 amide bonds. The standard InChI is InChI=1S/C27H46O6/c1-3-5-7-9-11-13-15-20-31-25(32-21-16-14-12-10-8-6-4-2)22-23-18-17-19-24(26(23)28)33-27(29)30/h17-19,25,28H,3-16,20-22H2,1-2H3,(H,29,30). The minimum Gasteiger partial charge on any atom is -0.504 e. The van der Waals surface area contributed by atoms with Crippen LogP contribution in [-0.4, -0.2) is 35.9 Å². The first-order chi connectivity index (χ1) is 16.1. The Morgan fingerprint density at radius 2 is 1.27 bits per heavy atom. The van der Waals surface area contributed by atoms with Crippen molar-refractivity contribution in [1.29, 1.82) is 0 Å². The molecular formula is C27H46O6. The summed E-state index contributed by atoms with van der Waals surface area (Å²) >= 11 is 0. The van der Waals surface area contributed by atoms with E-state index in [1.54, 1.807) is 12.1 Å². The molecule has 0 saturated heterocycles. The first-order valence-corrected chi connectivity index (χ1v) is 13.0. The number of hydrogen-bond donors (Lipinski definition) is 2. The molecule has 6 heteroatoms. The highest BCUT2D eigenvalue weighted by molar-refractivity contribution is 5.63. The summed E-state index contributed by atoms with van der Waals surface area (Å²) in [5.41, 5.74) is 0.554. The molecule has 0 aromatic heterocycles. The first-order valence-electron chi connectivity index (χ1n) is 13.0. The normalized spacial score (nSPS) is 11.2. The quantitative estimate of drug-likeness (QED) is 0.0830. The molecule has 1 aromatic carbocycles. The van der Waals surface area contributed by atoms with Crippen LogP contribution in [-0.2, 0) is 15.9 Å². The largest absolute Gasteiger partial charge is 0.511 e. The van der Waals surface area contributed by atoms with Crippen molar-refractivity contribution in [1.82, 2.24) is 0 Å². The van der Waals surface area contributed by atoms with Crippen LogP contribution in [0.4, 0.5) is 4.79 Å². The van der Waals surface area contributed by atoms with E-state index < -0.39 is 12.4 Å². The van der Waals surface area contributed by atoms with Gasteiger partial charge < -0.3 is 24.4 Å². The minimum absolute atomic E-state index is 0.0714. The van der Waals surface area contributed by atoms with Gasteiger partial charge in [0, 0.05) is 25.2 Å². The summed E-state index contributed by atoms with van der Waals surface area (Å²) < 4.78 is 16.7. The number of phenolic OH excluding ortho intramolecular Hbond substituents is 1. The Balaban J connectivity index is 2.49. The van der Waals surface area contributed by atoms with Gasteiger partial charge in [-0.1, -0.05) is 103 Å². The smallest absolute Gasteiger partial charge is 0.504 e.